The number of fused-ring (bicyclic) bond motifs is 1. The van der Waals surface area contributed by atoms with Gasteiger partial charge in [-0.25, -0.2) is 9.97 Å². The van der Waals surface area contributed by atoms with Gasteiger partial charge in [0.2, 0.25) is 0 Å². The Kier molecular flexibility index (Phi) is 5.33. The van der Waals surface area contributed by atoms with Crippen LogP contribution in [0.4, 0.5) is 23.0 Å². The zero-order valence-electron chi connectivity index (χ0n) is 17.7. The van der Waals surface area contributed by atoms with Gasteiger partial charge in [-0.2, -0.15) is 0 Å². The standard InChI is InChI=1S/C24H23N7O/c1-16-27-22(15-23(28-16)31-12-2-3-13-31)29-18-5-7-19(8-6-18)30-24(32)17-4-9-20-21(14-17)26-11-10-25-20/h4-11,14-15H,2-3,12-13H2,1H3,(H,30,32)(H,27,28,29). The van der Waals surface area contributed by atoms with E-state index < -0.39 is 0 Å². The molecule has 8 nitrogen and oxygen atoms in total. The Hall–Kier alpha value is -4.07. The lowest BCUT2D eigenvalue weighted by Crippen LogP contribution is -2.19. The molecule has 2 aromatic heterocycles. The van der Waals surface area contributed by atoms with Crippen molar-refractivity contribution in [2.24, 2.45) is 0 Å². The van der Waals surface area contributed by atoms with E-state index in [0.29, 0.717) is 16.8 Å². The number of anilines is 4. The van der Waals surface area contributed by atoms with Crippen LogP contribution in [-0.2, 0) is 0 Å². The average molecular weight is 425 g/mol. The molecule has 32 heavy (non-hydrogen) atoms. The summed E-state index contributed by atoms with van der Waals surface area (Å²) in [5.41, 5.74) is 3.57. The fourth-order valence-electron chi connectivity index (χ4n) is 3.82. The molecule has 0 radical (unpaired) electrons. The summed E-state index contributed by atoms with van der Waals surface area (Å²) in [6.07, 6.45) is 5.65. The molecule has 0 bridgehead atoms. The maximum absolute atomic E-state index is 12.6. The molecule has 2 aromatic carbocycles. The van der Waals surface area contributed by atoms with E-state index in [1.54, 1.807) is 30.6 Å². The lowest BCUT2D eigenvalue weighted by atomic mass is 10.1. The smallest absolute Gasteiger partial charge is 0.255 e. The molecule has 1 aliphatic rings. The minimum atomic E-state index is -0.194. The van der Waals surface area contributed by atoms with Crippen molar-refractivity contribution in [2.45, 2.75) is 19.8 Å². The second-order valence-electron chi connectivity index (χ2n) is 7.77. The third kappa shape index (κ3) is 4.34. The lowest BCUT2D eigenvalue weighted by molar-refractivity contribution is 0.102. The van der Waals surface area contributed by atoms with Crippen molar-refractivity contribution in [3.63, 3.8) is 0 Å². The number of hydrogen-bond acceptors (Lipinski definition) is 7. The number of nitrogens with one attached hydrogen (secondary N) is 2. The Labute approximate surface area is 185 Å². The largest absolute Gasteiger partial charge is 0.356 e. The summed E-state index contributed by atoms with van der Waals surface area (Å²) in [6.45, 7) is 3.98. The van der Waals surface area contributed by atoms with Crippen LogP contribution in [0.25, 0.3) is 11.0 Å². The Morgan fingerprint density at radius 3 is 2.38 bits per heavy atom. The van der Waals surface area contributed by atoms with Crippen molar-refractivity contribution >= 4 is 40.0 Å². The van der Waals surface area contributed by atoms with Crippen molar-refractivity contribution in [3.8, 4) is 0 Å². The fraction of sp³-hybridized carbons (Fsp3) is 0.208. The monoisotopic (exact) mass is 425 g/mol. The summed E-state index contributed by atoms with van der Waals surface area (Å²) in [5.74, 6) is 2.26. The summed E-state index contributed by atoms with van der Waals surface area (Å²) in [5, 5.41) is 6.26. The SMILES string of the molecule is Cc1nc(Nc2ccc(NC(=O)c3ccc4nccnc4c3)cc2)cc(N2CCCC2)n1. The zero-order valence-corrected chi connectivity index (χ0v) is 17.7. The molecule has 5 rings (SSSR count). The van der Waals surface area contributed by atoms with E-state index in [1.807, 2.05) is 37.3 Å². The number of amides is 1. The van der Waals surface area contributed by atoms with E-state index >= 15 is 0 Å². The van der Waals surface area contributed by atoms with Crippen molar-refractivity contribution in [1.29, 1.82) is 0 Å². The Morgan fingerprint density at radius 1 is 0.875 bits per heavy atom. The van der Waals surface area contributed by atoms with E-state index in [0.717, 1.165) is 41.8 Å². The van der Waals surface area contributed by atoms with E-state index in [9.17, 15) is 4.79 Å². The molecular formula is C24H23N7O. The van der Waals surface area contributed by atoms with E-state index in [1.165, 1.54) is 12.8 Å². The molecule has 3 heterocycles. The third-order valence-corrected chi connectivity index (χ3v) is 5.40. The minimum Gasteiger partial charge on any atom is -0.356 e. The highest BCUT2D eigenvalue weighted by atomic mass is 16.1. The van der Waals surface area contributed by atoms with Gasteiger partial charge in [-0.3, -0.25) is 14.8 Å². The van der Waals surface area contributed by atoms with Crippen LogP contribution in [0.15, 0.2) is 60.9 Å². The first kappa shape index (κ1) is 19.9. The number of benzene rings is 2. The van der Waals surface area contributed by atoms with Crippen LogP contribution in [0, 0.1) is 6.92 Å². The van der Waals surface area contributed by atoms with Crippen LogP contribution in [0.5, 0.6) is 0 Å². The van der Waals surface area contributed by atoms with Gasteiger partial charge in [0.05, 0.1) is 11.0 Å². The van der Waals surface area contributed by atoms with Crippen LogP contribution in [0.3, 0.4) is 0 Å². The highest BCUT2D eigenvalue weighted by molar-refractivity contribution is 6.05. The predicted molar refractivity (Wildman–Crippen MR) is 125 cm³/mol. The molecule has 0 atom stereocenters. The second-order valence-corrected chi connectivity index (χ2v) is 7.77. The predicted octanol–water partition coefficient (Wildman–Crippen LogP) is 4.32. The normalized spacial score (nSPS) is 13.3. The summed E-state index contributed by atoms with van der Waals surface area (Å²) in [6, 6.07) is 14.8. The number of hydrogen-bond donors (Lipinski definition) is 2. The van der Waals surface area contributed by atoms with Gasteiger partial charge in [-0.1, -0.05) is 0 Å². The van der Waals surface area contributed by atoms with E-state index in [4.69, 9.17) is 0 Å². The fourth-order valence-corrected chi connectivity index (χ4v) is 3.82. The van der Waals surface area contributed by atoms with Crippen molar-refractivity contribution in [3.05, 3.63) is 72.3 Å². The van der Waals surface area contributed by atoms with E-state index in [2.05, 4.69) is 35.5 Å². The number of aryl methyl sites for hydroxylation is 1. The van der Waals surface area contributed by atoms with Crippen molar-refractivity contribution in [1.82, 2.24) is 19.9 Å². The molecule has 0 unspecified atom stereocenters. The first-order valence-corrected chi connectivity index (χ1v) is 10.6. The van der Waals surface area contributed by atoms with Gasteiger partial charge < -0.3 is 15.5 Å². The number of rotatable bonds is 5. The molecule has 0 spiro atoms. The molecule has 160 valence electrons. The maximum Gasteiger partial charge on any atom is 0.255 e. The lowest BCUT2D eigenvalue weighted by Gasteiger charge is -2.18. The Bertz CT molecular complexity index is 1270. The molecule has 1 fully saturated rings. The zero-order chi connectivity index (χ0) is 21.9. The highest BCUT2D eigenvalue weighted by Gasteiger charge is 2.15. The summed E-state index contributed by atoms with van der Waals surface area (Å²) < 4.78 is 0. The minimum absolute atomic E-state index is 0.194. The first-order chi connectivity index (χ1) is 15.6. The van der Waals surface area contributed by atoms with Crippen LogP contribution >= 0.6 is 0 Å². The second kappa shape index (κ2) is 8.58. The van der Waals surface area contributed by atoms with Gasteiger partial charge in [0.15, 0.2) is 0 Å². The summed E-state index contributed by atoms with van der Waals surface area (Å²) in [7, 11) is 0. The quantitative estimate of drug-likeness (QED) is 0.491. The molecule has 4 aromatic rings. The van der Waals surface area contributed by atoms with Gasteiger partial charge in [-0.05, 0) is 62.2 Å². The van der Waals surface area contributed by atoms with Crippen molar-refractivity contribution < 1.29 is 4.79 Å². The van der Waals surface area contributed by atoms with Crippen LogP contribution in [-0.4, -0.2) is 38.9 Å². The molecule has 0 aliphatic carbocycles. The molecule has 8 heteroatoms. The maximum atomic E-state index is 12.6. The van der Waals surface area contributed by atoms with Gasteiger partial charge in [0, 0.05) is 48.5 Å². The van der Waals surface area contributed by atoms with Crippen LogP contribution in [0.1, 0.15) is 29.0 Å². The first-order valence-electron chi connectivity index (χ1n) is 10.6. The molecule has 1 amide bonds. The summed E-state index contributed by atoms with van der Waals surface area (Å²) in [4.78, 5) is 32.5. The Morgan fingerprint density at radius 2 is 1.59 bits per heavy atom. The number of carbonyl (C=O) groups excluding carboxylic acids is 1. The number of nitrogens with zero attached hydrogens (tertiary/aromatic N) is 5. The molecular weight excluding hydrogens is 402 g/mol. The number of carbonyl (C=O) groups is 1. The van der Waals surface area contributed by atoms with Crippen molar-refractivity contribution in [2.75, 3.05) is 28.6 Å². The Balaban J connectivity index is 1.27. The molecule has 2 N–H and O–H groups in total. The van der Waals surface area contributed by atoms with Gasteiger partial charge >= 0.3 is 0 Å². The van der Waals surface area contributed by atoms with Gasteiger partial charge in [0.1, 0.15) is 17.5 Å². The summed E-state index contributed by atoms with van der Waals surface area (Å²) >= 11 is 0. The van der Waals surface area contributed by atoms with Gasteiger partial charge in [-0.15, -0.1) is 0 Å². The molecule has 1 saturated heterocycles. The number of aromatic nitrogens is 4. The van der Waals surface area contributed by atoms with Crippen LogP contribution in [0.2, 0.25) is 0 Å². The topological polar surface area (TPSA) is 95.9 Å². The van der Waals surface area contributed by atoms with Gasteiger partial charge in [0.25, 0.3) is 5.91 Å². The molecule has 1 aliphatic heterocycles. The van der Waals surface area contributed by atoms with E-state index in [-0.39, 0.29) is 5.91 Å². The van der Waals surface area contributed by atoms with Crippen LogP contribution < -0.4 is 15.5 Å². The third-order valence-electron chi connectivity index (χ3n) is 5.40. The highest BCUT2D eigenvalue weighted by Crippen LogP contribution is 2.24. The average Bonchev–Trinajstić information content (AvgIpc) is 3.35. The molecule has 0 saturated carbocycles.